The molecule has 100 valence electrons. The van der Waals surface area contributed by atoms with Crippen LogP contribution in [0.4, 0.5) is 0 Å². The van der Waals surface area contributed by atoms with Gasteiger partial charge in [0.2, 0.25) is 0 Å². The van der Waals surface area contributed by atoms with E-state index in [0.717, 1.165) is 17.7 Å². The Morgan fingerprint density at radius 3 is 2.44 bits per heavy atom. The highest BCUT2D eigenvalue weighted by molar-refractivity contribution is 5.29. The molecule has 0 saturated carbocycles. The Morgan fingerprint density at radius 2 is 1.94 bits per heavy atom. The summed E-state index contributed by atoms with van der Waals surface area (Å²) in [5.41, 5.74) is 0.232. The van der Waals surface area contributed by atoms with Crippen LogP contribution in [0.3, 0.4) is 0 Å². The minimum Gasteiger partial charge on any atom is -0.493 e. The van der Waals surface area contributed by atoms with Gasteiger partial charge in [-0.2, -0.15) is 0 Å². The fraction of sp³-hybridized carbons (Fsp3) is 0.467. The van der Waals surface area contributed by atoms with Gasteiger partial charge in [0.1, 0.15) is 5.75 Å². The molecule has 0 aliphatic heterocycles. The number of aliphatic hydroxyl groups is 2. The van der Waals surface area contributed by atoms with Crippen molar-refractivity contribution in [3.05, 3.63) is 42.5 Å². The van der Waals surface area contributed by atoms with Crippen molar-refractivity contribution in [2.75, 3.05) is 13.2 Å². The lowest BCUT2D eigenvalue weighted by Gasteiger charge is -2.28. The van der Waals surface area contributed by atoms with E-state index in [4.69, 9.17) is 4.74 Å². The zero-order valence-electron chi connectivity index (χ0n) is 11.1. The topological polar surface area (TPSA) is 49.7 Å². The molecular weight excluding hydrogens is 228 g/mol. The van der Waals surface area contributed by atoms with Crippen LogP contribution in [-0.4, -0.2) is 23.4 Å². The van der Waals surface area contributed by atoms with Gasteiger partial charge >= 0.3 is 0 Å². The van der Waals surface area contributed by atoms with Crippen molar-refractivity contribution in [3.63, 3.8) is 0 Å². The molecule has 3 nitrogen and oxygen atoms in total. The Balaban J connectivity index is 2.67. The zero-order valence-corrected chi connectivity index (χ0v) is 11.1. The molecule has 0 aromatic heterocycles. The number of aliphatic hydroxyl groups excluding tert-OH is 2. The van der Waals surface area contributed by atoms with E-state index in [1.54, 1.807) is 0 Å². The first-order chi connectivity index (χ1) is 8.51. The smallest absolute Gasteiger partial charge is 0.119 e. The van der Waals surface area contributed by atoms with Crippen LogP contribution in [0.5, 0.6) is 5.75 Å². The third-order valence-electron chi connectivity index (χ3n) is 2.93. The molecule has 1 unspecified atom stereocenters. The summed E-state index contributed by atoms with van der Waals surface area (Å²) in [6.07, 6.45) is 1.92. The Labute approximate surface area is 109 Å². The van der Waals surface area contributed by atoms with E-state index in [1.165, 1.54) is 0 Å². The average molecular weight is 250 g/mol. The SMILES string of the molecule is C=CCCOc1ccc(C(O)C(C)(C)CO)cc1. The third-order valence-corrected chi connectivity index (χ3v) is 2.93. The number of rotatable bonds is 7. The maximum absolute atomic E-state index is 10.1. The molecule has 3 heteroatoms. The predicted molar refractivity (Wildman–Crippen MR) is 72.6 cm³/mol. The first-order valence-electron chi connectivity index (χ1n) is 6.14. The van der Waals surface area contributed by atoms with Crippen LogP contribution in [-0.2, 0) is 0 Å². The van der Waals surface area contributed by atoms with Gasteiger partial charge in [0.25, 0.3) is 0 Å². The minimum absolute atomic E-state index is 0.0637. The second-order valence-electron chi connectivity index (χ2n) is 5.04. The Bertz CT molecular complexity index is 368. The highest BCUT2D eigenvalue weighted by Crippen LogP contribution is 2.33. The fourth-order valence-electron chi connectivity index (χ4n) is 1.54. The number of hydrogen-bond acceptors (Lipinski definition) is 3. The van der Waals surface area contributed by atoms with Crippen LogP contribution < -0.4 is 4.74 Å². The van der Waals surface area contributed by atoms with Crippen molar-refractivity contribution >= 4 is 0 Å². The number of benzene rings is 1. The van der Waals surface area contributed by atoms with Gasteiger partial charge < -0.3 is 14.9 Å². The minimum atomic E-state index is -0.690. The van der Waals surface area contributed by atoms with Crippen LogP contribution in [0.1, 0.15) is 31.9 Å². The van der Waals surface area contributed by atoms with E-state index >= 15 is 0 Å². The molecule has 2 N–H and O–H groups in total. The highest BCUT2D eigenvalue weighted by atomic mass is 16.5. The largest absolute Gasteiger partial charge is 0.493 e. The molecule has 0 saturated heterocycles. The molecule has 0 amide bonds. The summed E-state index contributed by atoms with van der Waals surface area (Å²) in [5, 5.41) is 19.4. The number of hydrogen-bond donors (Lipinski definition) is 2. The summed E-state index contributed by atoms with van der Waals surface area (Å²) in [6.45, 7) is 7.82. The van der Waals surface area contributed by atoms with Crippen molar-refractivity contribution in [2.24, 2.45) is 5.41 Å². The maximum Gasteiger partial charge on any atom is 0.119 e. The Hall–Kier alpha value is -1.32. The van der Waals surface area contributed by atoms with Gasteiger partial charge in [0.05, 0.1) is 19.3 Å². The van der Waals surface area contributed by atoms with Crippen LogP contribution in [0.25, 0.3) is 0 Å². The molecule has 0 aliphatic rings. The monoisotopic (exact) mass is 250 g/mol. The molecule has 18 heavy (non-hydrogen) atoms. The summed E-state index contributed by atoms with van der Waals surface area (Å²) in [6, 6.07) is 7.31. The van der Waals surface area contributed by atoms with Crippen molar-refractivity contribution in [1.29, 1.82) is 0 Å². The first kappa shape index (κ1) is 14.7. The highest BCUT2D eigenvalue weighted by Gasteiger charge is 2.28. The maximum atomic E-state index is 10.1. The molecule has 0 radical (unpaired) electrons. The standard InChI is InChI=1S/C15H22O3/c1-4-5-10-18-13-8-6-12(7-9-13)14(17)15(2,3)11-16/h4,6-9,14,16-17H,1,5,10-11H2,2-3H3. The summed E-state index contributed by atoms with van der Waals surface area (Å²) < 4.78 is 5.49. The molecule has 1 aromatic rings. The van der Waals surface area contributed by atoms with Gasteiger partial charge in [-0.05, 0) is 24.1 Å². The van der Waals surface area contributed by atoms with Gasteiger partial charge in [0, 0.05) is 5.41 Å². The van der Waals surface area contributed by atoms with E-state index in [9.17, 15) is 10.2 Å². The number of ether oxygens (including phenoxy) is 1. The van der Waals surface area contributed by atoms with Crippen molar-refractivity contribution in [3.8, 4) is 5.75 Å². The second-order valence-corrected chi connectivity index (χ2v) is 5.04. The molecule has 0 bridgehead atoms. The Morgan fingerprint density at radius 1 is 1.33 bits per heavy atom. The van der Waals surface area contributed by atoms with Crippen molar-refractivity contribution in [1.82, 2.24) is 0 Å². The van der Waals surface area contributed by atoms with Crippen LogP contribution >= 0.6 is 0 Å². The molecule has 0 fully saturated rings. The van der Waals surface area contributed by atoms with Crippen molar-refractivity contribution in [2.45, 2.75) is 26.4 Å². The van der Waals surface area contributed by atoms with Crippen LogP contribution in [0.2, 0.25) is 0 Å². The summed E-state index contributed by atoms with van der Waals surface area (Å²) in [7, 11) is 0. The normalized spacial score (nSPS) is 13.1. The van der Waals surface area contributed by atoms with Gasteiger partial charge in [-0.15, -0.1) is 6.58 Å². The molecule has 0 heterocycles. The van der Waals surface area contributed by atoms with E-state index in [0.29, 0.717) is 6.61 Å². The zero-order chi connectivity index (χ0) is 13.6. The van der Waals surface area contributed by atoms with Gasteiger partial charge in [-0.3, -0.25) is 0 Å². The predicted octanol–water partition coefficient (Wildman–Crippen LogP) is 2.69. The molecule has 1 rings (SSSR count). The first-order valence-corrected chi connectivity index (χ1v) is 6.14. The van der Waals surface area contributed by atoms with Crippen LogP contribution in [0.15, 0.2) is 36.9 Å². The van der Waals surface area contributed by atoms with E-state index in [1.807, 2.05) is 44.2 Å². The van der Waals surface area contributed by atoms with Gasteiger partial charge in [0.15, 0.2) is 0 Å². The van der Waals surface area contributed by atoms with Crippen LogP contribution in [0, 0.1) is 5.41 Å². The third kappa shape index (κ3) is 3.86. The quantitative estimate of drug-likeness (QED) is 0.578. The van der Waals surface area contributed by atoms with Gasteiger partial charge in [-0.25, -0.2) is 0 Å². The van der Waals surface area contributed by atoms with Crippen molar-refractivity contribution < 1.29 is 14.9 Å². The lowest BCUT2D eigenvalue weighted by atomic mass is 9.83. The average Bonchev–Trinajstić information content (AvgIpc) is 2.39. The molecule has 1 atom stereocenters. The molecular formula is C15H22O3. The van der Waals surface area contributed by atoms with Gasteiger partial charge in [-0.1, -0.05) is 32.1 Å². The van der Waals surface area contributed by atoms with E-state index in [2.05, 4.69) is 6.58 Å². The second kappa shape index (κ2) is 6.57. The molecule has 1 aromatic carbocycles. The summed E-state index contributed by atoms with van der Waals surface area (Å²) in [5.74, 6) is 0.773. The van der Waals surface area contributed by atoms with E-state index in [-0.39, 0.29) is 6.61 Å². The summed E-state index contributed by atoms with van der Waals surface area (Å²) in [4.78, 5) is 0. The lowest BCUT2D eigenvalue weighted by molar-refractivity contribution is 0.00636. The van der Waals surface area contributed by atoms with E-state index < -0.39 is 11.5 Å². The molecule has 0 spiro atoms. The lowest BCUT2D eigenvalue weighted by Crippen LogP contribution is -2.25. The Kier molecular flexibility index (Phi) is 5.38. The fourth-order valence-corrected chi connectivity index (χ4v) is 1.54. The summed E-state index contributed by atoms with van der Waals surface area (Å²) >= 11 is 0. The molecule has 0 aliphatic carbocycles.